The first-order chi connectivity index (χ1) is 12.3. The van der Waals surface area contributed by atoms with Gasteiger partial charge in [0.1, 0.15) is 6.61 Å². The predicted octanol–water partition coefficient (Wildman–Crippen LogP) is -1.41. The number of quaternary nitrogens is 2. The predicted molar refractivity (Wildman–Crippen MR) is 98.1 cm³/mol. The van der Waals surface area contributed by atoms with Crippen LogP contribution in [0.25, 0.3) is 0 Å². The summed E-state index contributed by atoms with van der Waals surface area (Å²) in [4.78, 5) is 34.7. The molecule has 2 amide bonds. The Kier molecular flexibility index (Phi) is 13.6. The van der Waals surface area contributed by atoms with Crippen molar-refractivity contribution in [2.75, 3.05) is 13.2 Å². The zero-order valence-electron chi connectivity index (χ0n) is 16.4. The van der Waals surface area contributed by atoms with Crippen LogP contribution >= 0.6 is 0 Å². The van der Waals surface area contributed by atoms with E-state index in [1.807, 2.05) is 13.8 Å². The van der Waals surface area contributed by atoms with Gasteiger partial charge < -0.3 is 26.0 Å². The number of hydrogen-bond donors (Lipinski definition) is 4. The molecule has 6 N–H and O–H groups in total. The Morgan fingerprint density at radius 1 is 1.00 bits per heavy atom. The molecule has 8 nitrogen and oxygen atoms in total. The van der Waals surface area contributed by atoms with Crippen LogP contribution in [0, 0.1) is 14.1 Å². The molecule has 3 unspecified atom stereocenters. The van der Waals surface area contributed by atoms with Crippen molar-refractivity contribution in [2.45, 2.75) is 71.0 Å². The molecule has 152 valence electrons. The average Bonchev–Trinajstić information content (AvgIpc) is 2.58. The van der Waals surface area contributed by atoms with Crippen molar-refractivity contribution in [3.63, 3.8) is 0 Å². The molecule has 0 bridgehead atoms. The topological polar surface area (TPSA) is 118 Å². The molecule has 0 radical (unpaired) electrons. The molecule has 0 heterocycles. The molecule has 0 spiro atoms. The maximum atomic E-state index is 12.0. The standard InChI is InChI=1S/C18H36N4O4/c1-13(19-4)10-17(24)21-9-7-6-8-16(12-26-15(3)23)22-18(25)11-14(2)20-5/h13-14,16H,4-12,19-20H2,1-3H3,(H,21,24)(H,22,25). The second kappa shape index (κ2) is 14.5. The van der Waals surface area contributed by atoms with Crippen molar-refractivity contribution >= 4 is 17.8 Å². The van der Waals surface area contributed by atoms with E-state index in [0.717, 1.165) is 12.8 Å². The molecule has 0 aliphatic heterocycles. The van der Waals surface area contributed by atoms with Crippen molar-refractivity contribution in [1.82, 2.24) is 10.6 Å². The Hall–Kier alpha value is -1.67. The Balaban J connectivity index is 4.15. The van der Waals surface area contributed by atoms with E-state index in [2.05, 4.69) is 24.7 Å². The molecule has 8 heteroatoms. The Labute approximate surface area is 157 Å². The van der Waals surface area contributed by atoms with Gasteiger partial charge in [0.25, 0.3) is 0 Å². The molecule has 0 aliphatic carbocycles. The number of esters is 1. The van der Waals surface area contributed by atoms with E-state index in [1.165, 1.54) is 6.92 Å². The van der Waals surface area contributed by atoms with E-state index in [0.29, 0.717) is 25.8 Å². The molecule has 0 aromatic heterocycles. The fourth-order valence-corrected chi connectivity index (χ4v) is 2.27. The summed E-state index contributed by atoms with van der Waals surface area (Å²) in [7, 11) is 7.33. The van der Waals surface area contributed by atoms with Crippen molar-refractivity contribution in [3.8, 4) is 0 Å². The van der Waals surface area contributed by atoms with E-state index >= 15 is 0 Å². The summed E-state index contributed by atoms with van der Waals surface area (Å²) in [6.07, 6.45) is 3.08. The van der Waals surface area contributed by atoms with E-state index < -0.39 is 0 Å². The van der Waals surface area contributed by atoms with Gasteiger partial charge in [0.15, 0.2) is 0 Å². The number of carbonyl (C=O) groups is 3. The molecule has 0 fully saturated rings. The highest BCUT2D eigenvalue weighted by molar-refractivity contribution is 5.77. The molecule has 3 atom stereocenters. The summed E-state index contributed by atoms with van der Waals surface area (Å²) in [5.41, 5.74) is 0. The molecule has 26 heavy (non-hydrogen) atoms. The van der Waals surface area contributed by atoms with Crippen molar-refractivity contribution < 1.29 is 29.8 Å². The van der Waals surface area contributed by atoms with Crippen LogP contribution in [0.3, 0.4) is 0 Å². The van der Waals surface area contributed by atoms with E-state index in [9.17, 15) is 14.4 Å². The minimum absolute atomic E-state index is 0.0144. The maximum absolute atomic E-state index is 12.0. The number of nitrogens with one attached hydrogen (secondary N) is 2. The van der Waals surface area contributed by atoms with E-state index in [-0.39, 0.29) is 42.5 Å². The number of rotatable bonds is 14. The molecule has 0 saturated heterocycles. The van der Waals surface area contributed by atoms with Crippen LogP contribution in [0.15, 0.2) is 0 Å². The Bertz CT molecular complexity index is 431. The fraction of sp³-hybridized carbons (Fsp3) is 0.722. The summed E-state index contributed by atoms with van der Waals surface area (Å²) in [5.74, 6) is -0.436. The zero-order chi connectivity index (χ0) is 19.9. The lowest BCUT2D eigenvalue weighted by atomic mass is 10.1. The summed E-state index contributed by atoms with van der Waals surface area (Å²) in [5, 5.41) is 9.28. The van der Waals surface area contributed by atoms with Gasteiger partial charge in [0.05, 0.1) is 31.0 Å². The van der Waals surface area contributed by atoms with Crippen molar-refractivity contribution in [3.05, 3.63) is 14.1 Å². The second-order valence-corrected chi connectivity index (χ2v) is 6.75. The first-order valence-electron chi connectivity index (χ1n) is 9.23. The first-order valence-corrected chi connectivity index (χ1v) is 9.23. The normalized spacial score (nSPS) is 14.2. The Morgan fingerprint density at radius 2 is 1.58 bits per heavy atom. The summed E-state index contributed by atoms with van der Waals surface area (Å²) in [6.45, 7) is 5.96. The molecular weight excluding hydrogens is 336 g/mol. The zero-order valence-corrected chi connectivity index (χ0v) is 16.4. The average molecular weight is 373 g/mol. The van der Waals surface area contributed by atoms with Gasteiger partial charge in [-0.25, -0.2) is 0 Å². The lowest BCUT2D eigenvalue weighted by Crippen LogP contribution is -2.83. The number of hydrogen-bond acceptors (Lipinski definition) is 4. The third-order valence-electron chi connectivity index (χ3n) is 3.97. The van der Waals surface area contributed by atoms with Crippen LogP contribution in [-0.2, 0) is 19.1 Å². The van der Waals surface area contributed by atoms with Crippen LogP contribution in [0.4, 0.5) is 0 Å². The number of unbranched alkanes of at least 4 members (excludes halogenated alkanes) is 1. The molecular formula is C18H36N4O4. The molecule has 0 saturated carbocycles. The van der Waals surface area contributed by atoms with E-state index in [1.54, 1.807) is 10.6 Å². The van der Waals surface area contributed by atoms with Gasteiger partial charge in [-0.15, -0.1) is 0 Å². The van der Waals surface area contributed by atoms with Gasteiger partial charge in [-0.1, -0.05) is 0 Å². The highest BCUT2D eigenvalue weighted by atomic mass is 16.5. The van der Waals surface area contributed by atoms with Crippen LogP contribution < -0.4 is 21.3 Å². The van der Waals surface area contributed by atoms with Gasteiger partial charge in [0, 0.05) is 13.5 Å². The molecule has 0 rings (SSSR count). The Morgan fingerprint density at radius 3 is 2.12 bits per heavy atom. The molecule has 0 aliphatic rings. The van der Waals surface area contributed by atoms with Crippen LogP contribution in [-0.4, -0.2) is 49.1 Å². The van der Waals surface area contributed by atoms with Gasteiger partial charge >= 0.3 is 5.97 Å². The smallest absolute Gasteiger partial charge is 0.302 e. The van der Waals surface area contributed by atoms with E-state index in [4.69, 9.17) is 4.74 Å². The summed E-state index contributed by atoms with van der Waals surface area (Å²) >= 11 is 0. The van der Waals surface area contributed by atoms with Crippen LogP contribution in [0.2, 0.25) is 0 Å². The van der Waals surface area contributed by atoms with Gasteiger partial charge in [0.2, 0.25) is 11.8 Å². The molecule has 0 aromatic carbocycles. The highest BCUT2D eigenvalue weighted by Crippen LogP contribution is 2.03. The second-order valence-electron chi connectivity index (χ2n) is 6.75. The lowest BCUT2D eigenvalue weighted by molar-refractivity contribution is -0.629. The third kappa shape index (κ3) is 13.6. The fourth-order valence-electron chi connectivity index (χ4n) is 2.27. The van der Waals surface area contributed by atoms with Gasteiger partial charge in [-0.2, -0.15) is 14.1 Å². The summed E-state index contributed by atoms with van der Waals surface area (Å²) in [6, 6.07) is 0.0359. The third-order valence-corrected chi connectivity index (χ3v) is 3.97. The highest BCUT2D eigenvalue weighted by Gasteiger charge is 2.16. The summed E-state index contributed by atoms with van der Waals surface area (Å²) < 4.78 is 5.03. The minimum Gasteiger partial charge on any atom is -0.476 e. The monoisotopic (exact) mass is 372 g/mol. The molecule has 0 aromatic rings. The number of carbonyl (C=O) groups excluding carboxylic acids is 3. The minimum atomic E-state index is -0.368. The quantitative estimate of drug-likeness (QED) is 0.170. The number of ether oxygens (including phenoxy) is 1. The number of nitrogens with two attached hydrogens (primary N) is 2. The SMILES string of the molecule is [CH2-][NH2+]C(C)CC(=O)NCCCCC(COC(C)=O)NC(=O)CC(C)[NH2+][CH2-]. The maximum Gasteiger partial charge on any atom is 0.302 e. The van der Waals surface area contributed by atoms with Crippen LogP contribution in [0.1, 0.15) is 52.9 Å². The van der Waals surface area contributed by atoms with Crippen molar-refractivity contribution in [2.24, 2.45) is 0 Å². The number of amides is 2. The lowest BCUT2D eigenvalue weighted by Gasteiger charge is -2.20. The first kappa shape index (κ1) is 24.3. The van der Waals surface area contributed by atoms with Gasteiger partial charge in [-0.05, 0) is 33.1 Å². The van der Waals surface area contributed by atoms with Crippen LogP contribution in [0.5, 0.6) is 0 Å². The largest absolute Gasteiger partial charge is 0.476 e. The van der Waals surface area contributed by atoms with Crippen molar-refractivity contribution in [1.29, 1.82) is 0 Å². The van der Waals surface area contributed by atoms with Gasteiger partial charge in [-0.3, -0.25) is 14.4 Å².